The van der Waals surface area contributed by atoms with Gasteiger partial charge in [-0.05, 0) is 92.9 Å². The van der Waals surface area contributed by atoms with Gasteiger partial charge < -0.3 is 25.2 Å². The van der Waals surface area contributed by atoms with Crippen LogP contribution in [0.1, 0.15) is 94.3 Å². The maximum Gasteiger partial charge on any atom is 0.416 e. The minimum absolute atomic E-state index is 0.0137. The quantitative estimate of drug-likeness (QED) is 0.0879. The van der Waals surface area contributed by atoms with Crippen LogP contribution in [0.4, 0.5) is 53.0 Å². The van der Waals surface area contributed by atoms with E-state index in [1.54, 1.807) is 25.1 Å². The topological polar surface area (TPSA) is 243 Å². The zero-order valence-corrected chi connectivity index (χ0v) is 38.8. The molecule has 2 aliphatic heterocycles. The first-order valence-corrected chi connectivity index (χ1v) is 21.9. The lowest BCUT2D eigenvalue weighted by atomic mass is 9.87. The molecule has 2 atom stereocenters. The minimum Gasteiger partial charge on any atom is -0.478 e. The standard InChI is InChI=1S/C25H20F3N5O4.C25H18F3N5O3/c1-12(30)31-17-9-13(11-29)8-16(23(35)36)20(17)22-21-18(6-7-19(21)34)33(24(37)32(22)2)15-5-3-4-14(10-15)25(26,27)28;1-13-30-23(36-31-13)18-10-14(12-29)6-7-17(18)22-21-19(8-9-20(21)34)33(24(35)32(22)2)16-5-3-4-15(11-16)25(26,27)28/h3-5,8-10,22H,6-7H2,1-2H3,(H2,30,31)(H,35,36);3-7,10-11,22H,8-9H2,1-2H3. The number of alkyl halides is 6. The van der Waals surface area contributed by atoms with Gasteiger partial charge in [-0.15, -0.1) is 0 Å². The minimum atomic E-state index is -4.65. The molecule has 3 N–H and O–H groups in total. The van der Waals surface area contributed by atoms with Gasteiger partial charge in [0.2, 0.25) is 0 Å². The van der Waals surface area contributed by atoms with Gasteiger partial charge in [-0.1, -0.05) is 23.4 Å². The first-order valence-electron chi connectivity index (χ1n) is 21.9. The highest BCUT2D eigenvalue weighted by Crippen LogP contribution is 2.50. The van der Waals surface area contributed by atoms with Gasteiger partial charge in [0.1, 0.15) is 0 Å². The van der Waals surface area contributed by atoms with Crippen molar-refractivity contribution in [2.75, 3.05) is 23.9 Å². The molecule has 4 amide bonds. The third-order valence-corrected chi connectivity index (χ3v) is 12.4. The number of urea groups is 2. The monoisotopic (exact) mass is 1000 g/mol. The van der Waals surface area contributed by atoms with Gasteiger partial charge in [0, 0.05) is 60.6 Å². The van der Waals surface area contributed by atoms with E-state index in [4.69, 9.17) is 10.3 Å². The van der Waals surface area contributed by atoms with Gasteiger partial charge in [0.05, 0.1) is 74.9 Å². The number of aromatic nitrogens is 2. The Morgan fingerprint density at radius 3 is 1.74 bits per heavy atom. The van der Waals surface area contributed by atoms with Crippen LogP contribution in [0.25, 0.3) is 11.5 Å². The number of amidine groups is 1. The second kappa shape index (κ2) is 18.9. The normalized spacial score (nSPS) is 18.2. The number of carbonyl (C=O) groups is 5. The molecule has 17 nitrogen and oxygen atoms in total. The summed E-state index contributed by atoms with van der Waals surface area (Å²) in [6.45, 7) is 3.07. The molecule has 1 aromatic heterocycles. The number of Topliss-reactive ketones (excluding diaryl/α,β-unsaturated/α-hetero) is 2. The number of anilines is 2. The fraction of sp³-hybridized carbons (Fsp3) is 0.240. The number of aliphatic imine (C=N–C) groups is 1. The largest absolute Gasteiger partial charge is 0.478 e. The Kier molecular flexibility index (Phi) is 13.0. The van der Waals surface area contributed by atoms with Crippen molar-refractivity contribution in [3.8, 4) is 23.6 Å². The van der Waals surface area contributed by atoms with E-state index in [0.717, 1.165) is 46.2 Å². The van der Waals surface area contributed by atoms with Gasteiger partial charge in [-0.25, -0.2) is 19.4 Å². The van der Waals surface area contributed by atoms with E-state index >= 15 is 0 Å². The van der Waals surface area contributed by atoms with Crippen LogP contribution in [0.2, 0.25) is 0 Å². The molecule has 372 valence electrons. The molecule has 23 heteroatoms. The highest BCUT2D eigenvalue weighted by atomic mass is 19.4. The Hall–Kier alpha value is -9.12. The van der Waals surface area contributed by atoms with Crippen LogP contribution in [0.3, 0.4) is 0 Å². The lowest BCUT2D eigenvalue weighted by Crippen LogP contribution is -2.48. The first kappa shape index (κ1) is 50.3. The highest BCUT2D eigenvalue weighted by Gasteiger charge is 2.48. The maximum absolute atomic E-state index is 13.6. The smallest absolute Gasteiger partial charge is 0.416 e. The van der Waals surface area contributed by atoms with Gasteiger partial charge in [0.25, 0.3) is 5.89 Å². The summed E-state index contributed by atoms with van der Waals surface area (Å²) in [5, 5.41) is 32.6. The second-order valence-electron chi connectivity index (χ2n) is 17.1. The molecule has 3 heterocycles. The van der Waals surface area contributed by atoms with E-state index in [0.29, 0.717) is 33.8 Å². The van der Waals surface area contributed by atoms with Crippen LogP contribution in [-0.4, -0.2) is 74.6 Å². The molecule has 2 aliphatic carbocycles. The van der Waals surface area contributed by atoms with Gasteiger partial charge in [-0.3, -0.25) is 19.4 Å². The Bertz CT molecular complexity index is 3380. The summed E-state index contributed by atoms with van der Waals surface area (Å²) >= 11 is 0. The molecule has 4 aliphatic rings. The van der Waals surface area contributed by atoms with E-state index in [9.17, 15) is 65.9 Å². The molecule has 2 unspecified atom stereocenters. The Morgan fingerprint density at radius 1 is 0.753 bits per heavy atom. The predicted octanol–water partition coefficient (Wildman–Crippen LogP) is 9.68. The third-order valence-electron chi connectivity index (χ3n) is 12.4. The summed E-state index contributed by atoms with van der Waals surface area (Å²) in [6.07, 6.45) is -8.89. The number of benzene rings is 4. The average Bonchev–Trinajstić information content (AvgIpc) is 4.06. The number of nitrogens with zero attached hydrogens (tertiary/aromatic N) is 9. The third kappa shape index (κ3) is 9.23. The number of ketones is 2. The Morgan fingerprint density at radius 2 is 1.27 bits per heavy atom. The number of likely N-dealkylation sites (N-methyl/N-ethyl adjacent to an activating group) is 2. The van der Waals surface area contributed by atoms with E-state index in [-0.39, 0.29) is 88.2 Å². The van der Waals surface area contributed by atoms with E-state index in [1.165, 1.54) is 55.1 Å². The molecule has 0 saturated heterocycles. The fourth-order valence-corrected chi connectivity index (χ4v) is 9.35. The number of halogens is 6. The number of nitriles is 2. The first-order chi connectivity index (χ1) is 34.4. The van der Waals surface area contributed by atoms with Gasteiger partial charge >= 0.3 is 30.4 Å². The van der Waals surface area contributed by atoms with E-state index in [1.807, 2.05) is 12.1 Å². The molecule has 73 heavy (non-hydrogen) atoms. The van der Waals surface area contributed by atoms with Crippen LogP contribution in [0, 0.1) is 29.6 Å². The molecular formula is C50H38F6N10O7. The molecule has 0 spiro atoms. The zero-order chi connectivity index (χ0) is 53.0. The molecule has 5 aromatic rings. The fourth-order valence-electron chi connectivity index (χ4n) is 9.35. The van der Waals surface area contributed by atoms with Crippen molar-refractivity contribution >= 4 is 52.5 Å². The molecule has 0 bridgehead atoms. The van der Waals surface area contributed by atoms with Crippen molar-refractivity contribution in [3.63, 3.8) is 0 Å². The molecule has 0 fully saturated rings. The van der Waals surface area contributed by atoms with E-state index in [2.05, 4.69) is 15.1 Å². The second-order valence-corrected chi connectivity index (χ2v) is 17.1. The average molecular weight is 1000 g/mol. The number of carboxylic acids is 1. The lowest BCUT2D eigenvalue weighted by Gasteiger charge is -2.41. The van der Waals surface area contributed by atoms with Crippen LogP contribution in [0.15, 0.2) is 111 Å². The Balaban J connectivity index is 0.000000195. The number of rotatable bonds is 7. The van der Waals surface area contributed by atoms with Crippen LogP contribution in [-0.2, 0) is 21.9 Å². The van der Waals surface area contributed by atoms with Crippen molar-refractivity contribution < 1.29 is 59.9 Å². The zero-order valence-electron chi connectivity index (χ0n) is 38.8. The molecule has 9 rings (SSSR count). The van der Waals surface area contributed by atoms with Crippen LogP contribution < -0.4 is 15.5 Å². The summed E-state index contributed by atoms with van der Waals surface area (Å²) in [7, 11) is 2.79. The number of amides is 4. The maximum atomic E-state index is 13.6. The van der Waals surface area contributed by atoms with Crippen molar-refractivity contribution in [1.29, 1.82) is 10.5 Å². The lowest BCUT2D eigenvalue weighted by molar-refractivity contribution is -0.138. The summed E-state index contributed by atoms with van der Waals surface area (Å²) < 4.78 is 85.5. The Labute approximate surface area is 410 Å². The highest BCUT2D eigenvalue weighted by molar-refractivity contribution is 6.10. The SMILES string of the molecule is CC(N)=Nc1cc(C#N)cc(C(=O)O)c1C1C2=C(CCC2=O)N(c2cccc(C(F)(F)F)c2)C(=O)N1C.Cc1noc(-c2cc(C#N)ccc2C2C3=C(CCC3=O)N(c3cccc(C(F)(F)F)c3)C(=O)N2C)n1. The number of carboxylic acid groups (broad SMARTS) is 1. The number of carbonyl (C=O) groups excluding carboxylic acids is 4. The van der Waals surface area contributed by atoms with Crippen molar-refractivity contribution in [2.24, 2.45) is 10.7 Å². The molecule has 0 saturated carbocycles. The number of hydrogen-bond acceptors (Lipinski definition) is 11. The number of allylic oxidation sites excluding steroid dienone is 2. The molecule has 0 radical (unpaired) electrons. The molecule has 4 aromatic carbocycles. The predicted molar refractivity (Wildman–Crippen MR) is 246 cm³/mol. The van der Waals surface area contributed by atoms with Crippen LogP contribution in [0.5, 0.6) is 0 Å². The summed E-state index contributed by atoms with van der Waals surface area (Å²) in [4.78, 5) is 78.7. The van der Waals surface area contributed by atoms with E-state index < -0.39 is 59.4 Å². The molecular weight excluding hydrogens is 967 g/mol. The summed E-state index contributed by atoms with van der Waals surface area (Å²) in [5.41, 5.74) is 5.48. The van der Waals surface area contributed by atoms with Crippen molar-refractivity contribution in [1.82, 2.24) is 19.9 Å². The van der Waals surface area contributed by atoms with Crippen LogP contribution >= 0.6 is 0 Å². The number of nitrogens with two attached hydrogens (primary N) is 1. The number of hydrogen-bond donors (Lipinski definition) is 2. The van der Waals surface area contributed by atoms with Crippen molar-refractivity contribution in [3.05, 3.63) is 146 Å². The van der Waals surface area contributed by atoms with Crippen molar-refractivity contribution in [2.45, 2.75) is 64.0 Å². The summed E-state index contributed by atoms with van der Waals surface area (Å²) in [6, 6.07) is 16.2. The van der Waals surface area contributed by atoms with Gasteiger partial charge in [0.15, 0.2) is 17.4 Å². The number of aromatic carboxylic acids is 1. The number of aryl methyl sites for hydroxylation is 1. The van der Waals surface area contributed by atoms with Gasteiger partial charge in [-0.2, -0.15) is 41.9 Å². The summed E-state index contributed by atoms with van der Waals surface area (Å²) in [5.74, 6) is -1.52.